The summed E-state index contributed by atoms with van der Waals surface area (Å²) in [5.41, 5.74) is 7.17. The van der Waals surface area contributed by atoms with Gasteiger partial charge in [0, 0.05) is 18.3 Å². The Balaban J connectivity index is 2.31. The fourth-order valence-corrected chi connectivity index (χ4v) is 1.39. The van der Waals surface area contributed by atoms with Crippen LogP contribution in [0.4, 0.5) is 5.69 Å². The van der Waals surface area contributed by atoms with E-state index in [9.17, 15) is 4.79 Å². The lowest BCUT2D eigenvalue weighted by Crippen LogP contribution is -2.16. The minimum Gasteiger partial charge on any atom is -0.451 e. The Morgan fingerprint density at radius 3 is 2.50 bits per heavy atom. The Morgan fingerprint density at radius 1 is 1.19 bits per heavy atom. The van der Waals surface area contributed by atoms with Gasteiger partial charge in [-0.1, -0.05) is 0 Å². The van der Waals surface area contributed by atoms with Crippen LogP contribution in [0.1, 0.15) is 10.6 Å². The average Bonchev–Trinajstić information content (AvgIpc) is 2.78. The molecule has 0 aliphatic carbocycles. The molecule has 1 heterocycles. The molecule has 0 aliphatic rings. The van der Waals surface area contributed by atoms with Crippen LogP contribution in [0.3, 0.4) is 0 Å². The molecule has 0 saturated carbocycles. The first kappa shape index (κ1) is 10.3. The summed E-state index contributed by atoms with van der Waals surface area (Å²) in [6, 6.07) is 10.7. The van der Waals surface area contributed by atoms with Gasteiger partial charge in [0.05, 0.1) is 0 Å². The third kappa shape index (κ3) is 1.91. The normalized spacial score (nSPS) is 10.1. The van der Waals surface area contributed by atoms with Crippen molar-refractivity contribution in [2.75, 3.05) is 12.8 Å². The van der Waals surface area contributed by atoms with E-state index in [2.05, 4.69) is 5.32 Å². The first-order valence-corrected chi connectivity index (χ1v) is 4.88. The molecule has 0 atom stereocenters. The highest BCUT2D eigenvalue weighted by Crippen LogP contribution is 2.22. The first-order chi connectivity index (χ1) is 7.70. The zero-order chi connectivity index (χ0) is 11.5. The van der Waals surface area contributed by atoms with Crippen LogP contribution in [0.25, 0.3) is 11.3 Å². The molecule has 0 spiro atoms. The molecule has 0 aliphatic heterocycles. The molecule has 0 fully saturated rings. The fraction of sp³-hybridized carbons (Fsp3) is 0.0833. The molecule has 2 aromatic rings. The number of benzene rings is 1. The topological polar surface area (TPSA) is 68.3 Å². The van der Waals surface area contributed by atoms with Gasteiger partial charge in [0.2, 0.25) is 0 Å². The largest absolute Gasteiger partial charge is 0.451 e. The van der Waals surface area contributed by atoms with E-state index in [-0.39, 0.29) is 5.91 Å². The molecule has 1 aromatic heterocycles. The number of nitrogens with two attached hydrogens (primary N) is 1. The molecule has 4 heteroatoms. The minimum absolute atomic E-state index is 0.235. The van der Waals surface area contributed by atoms with Crippen LogP contribution in [0.2, 0.25) is 0 Å². The number of hydrogen-bond acceptors (Lipinski definition) is 3. The summed E-state index contributed by atoms with van der Waals surface area (Å²) in [7, 11) is 1.56. The number of anilines is 1. The summed E-state index contributed by atoms with van der Waals surface area (Å²) in [5, 5.41) is 2.50. The van der Waals surface area contributed by atoms with Gasteiger partial charge >= 0.3 is 0 Å². The zero-order valence-corrected chi connectivity index (χ0v) is 8.86. The lowest BCUT2D eigenvalue weighted by molar-refractivity contribution is 0.0936. The number of nitrogen functional groups attached to an aromatic ring is 1. The monoisotopic (exact) mass is 216 g/mol. The van der Waals surface area contributed by atoms with Crippen molar-refractivity contribution < 1.29 is 9.21 Å². The summed E-state index contributed by atoms with van der Waals surface area (Å²) < 4.78 is 5.41. The number of furan rings is 1. The molecule has 0 saturated heterocycles. The maximum Gasteiger partial charge on any atom is 0.286 e. The molecule has 0 bridgehead atoms. The minimum atomic E-state index is -0.235. The van der Waals surface area contributed by atoms with Crippen molar-refractivity contribution in [2.24, 2.45) is 0 Å². The maximum atomic E-state index is 11.3. The van der Waals surface area contributed by atoms with E-state index in [1.807, 2.05) is 12.1 Å². The third-order valence-corrected chi connectivity index (χ3v) is 2.25. The highest BCUT2D eigenvalue weighted by atomic mass is 16.3. The van der Waals surface area contributed by atoms with Crippen molar-refractivity contribution in [1.82, 2.24) is 5.32 Å². The van der Waals surface area contributed by atoms with E-state index in [1.165, 1.54) is 0 Å². The average molecular weight is 216 g/mol. The van der Waals surface area contributed by atoms with E-state index >= 15 is 0 Å². The molecular formula is C12H12N2O2. The number of nitrogens with one attached hydrogen (secondary N) is 1. The van der Waals surface area contributed by atoms with Crippen LogP contribution in [0, 0.1) is 0 Å². The molecule has 0 unspecified atom stereocenters. The number of rotatable bonds is 2. The summed E-state index contributed by atoms with van der Waals surface area (Å²) in [6.07, 6.45) is 0. The quantitative estimate of drug-likeness (QED) is 0.753. The highest BCUT2D eigenvalue weighted by Gasteiger charge is 2.09. The predicted octanol–water partition coefficient (Wildman–Crippen LogP) is 1.89. The summed E-state index contributed by atoms with van der Waals surface area (Å²) in [6.45, 7) is 0. The van der Waals surface area contributed by atoms with Crippen LogP contribution in [-0.4, -0.2) is 13.0 Å². The van der Waals surface area contributed by atoms with Gasteiger partial charge in [-0.25, -0.2) is 0 Å². The second kappa shape index (κ2) is 4.10. The van der Waals surface area contributed by atoms with Gasteiger partial charge in [-0.05, 0) is 36.4 Å². The third-order valence-electron chi connectivity index (χ3n) is 2.25. The lowest BCUT2D eigenvalue weighted by atomic mass is 10.1. The maximum absolute atomic E-state index is 11.3. The van der Waals surface area contributed by atoms with E-state index in [0.29, 0.717) is 17.2 Å². The Hall–Kier alpha value is -2.23. The molecule has 4 nitrogen and oxygen atoms in total. The van der Waals surface area contributed by atoms with Crippen molar-refractivity contribution in [2.45, 2.75) is 0 Å². The van der Waals surface area contributed by atoms with Gasteiger partial charge in [-0.15, -0.1) is 0 Å². The van der Waals surface area contributed by atoms with Gasteiger partial charge in [0.1, 0.15) is 5.76 Å². The number of hydrogen-bond donors (Lipinski definition) is 2. The van der Waals surface area contributed by atoms with Gasteiger partial charge in [-0.2, -0.15) is 0 Å². The van der Waals surface area contributed by atoms with Crippen molar-refractivity contribution in [3.63, 3.8) is 0 Å². The van der Waals surface area contributed by atoms with Gasteiger partial charge in [0.25, 0.3) is 5.91 Å². The molecule has 16 heavy (non-hydrogen) atoms. The number of carbonyl (C=O) groups is 1. The van der Waals surface area contributed by atoms with Gasteiger partial charge in [-0.3, -0.25) is 4.79 Å². The second-order valence-corrected chi connectivity index (χ2v) is 3.37. The smallest absolute Gasteiger partial charge is 0.286 e. The Labute approximate surface area is 93.1 Å². The molecular weight excluding hydrogens is 204 g/mol. The molecule has 1 amide bonds. The van der Waals surface area contributed by atoms with Gasteiger partial charge in [0.15, 0.2) is 5.76 Å². The lowest BCUT2D eigenvalue weighted by Gasteiger charge is -1.98. The predicted molar refractivity (Wildman–Crippen MR) is 61.9 cm³/mol. The Morgan fingerprint density at radius 2 is 1.88 bits per heavy atom. The van der Waals surface area contributed by atoms with E-state index in [4.69, 9.17) is 10.2 Å². The van der Waals surface area contributed by atoms with Gasteiger partial charge < -0.3 is 15.5 Å². The molecule has 3 N–H and O–H groups in total. The van der Waals surface area contributed by atoms with Crippen molar-refractivity contribution in [3.05, 3.63) is 42.2 Å². The number of carbonyl (C=O) groups excluding carboxylic acids is 1. The van der Waals surface area contributed by atoms with Crippen molar-refractivity contribution >= 4 is 11.6 Å². The van der Waals surface area contributed by atoms with Crippen LogP contribution < -0.4 is 11.1 Å². The fourth-order valence-electron chi connectivity index (χ4n) is 1.39. The Kier molecular flexibility index (Phi) is 2.64. The van der Waals surface area contributed by atoms with Crippen molar-refractivity contribution in [3.8, 4) is 11.3 Å². The SMILES string of the molecule is CNC(=O)c1ccc(-c2ccc(N)cc2)o1. The Bertz CT molecular complexity index is 500. The van der Waals surface area contributed by atoms with E-state index in [1.54, 1.807) is 31.3 Å². The first-order valence-electron chi connectivity index (χ1n) is 4.88. The van der Waals surface area contributed by atoms with Crippen LogP contribution >= 0.6 is 0 Å². The molecule has 0 radical (unpaired) electrons. The number of amides is 1. The van der Waals surface area contributed by atoms with Crippen LogP contribution in [0.15, 0.2) is 40.8 Å². The van der Waals surface area contributed by atoms with Crippen LogP contribution in [0.5, 0.6) is 0 Å². The zero-order valence-electron chi connectivity index (χ0n) is 8.86. The summed E-state index contributed by atoms with van der Waals surface area (Å²) in [5.74, 6) is 0.717. The molecule has 1 aromatic carbocycles. The van der Waals surface area contributed by atoms with E-state index in [0.717, 1.165) is 5.56 Å². The van der Waals surface area contributed by atoms with E-state index < -0.39 is 0 Å². The summed E-state index contributed by atoms with van der Waals surface area (Å²) >= 11 is 0. The summed E-state index contributed by atoms with van der Waals surface area (Å²) in [4.78, 5) is 11.3. The molecule has 82 valence electrons. The van der Waals surface area contributed by atoms with Crippen LogP contribution in [-0.2, 0) is 0 Å². The second-order valence-electron chi connectivity index (χ2n) is 3.37. The highest BCUT2D eigenvalue weighted by molar-refractivity contribution is 5.91. The molecule has 2 rings (SSSR count). The standard InChI is InChI=1S/C12H12N2O2/c1-14-12(15)11-7-6-10(16-11)8-2-4-9(13)5-3-8/h2-7H,13H2,1H3,(H,14,15). The van der Waals surface area contributed by atoms with Crippen molar-refractivity contribution in [1.29, 1.82) is 0 Å².